The molecule has 1 aromatic carbocycles. The van der Waals surface area contributed by atoms with E-state index in [0.29, 0.717) is 13.0 Å². The zero-order valence-electron chi connectivity index (χ0n) is 14.5. The Balaban J connectivity index is 1.57. The molecule has 3 N–H and O–H groups in total. The van der Waals surface area contributed by atoms with Crippen LogP contribution >= 0.6 is 11.3 Å². The number of benzene rings is 1. The van der Waals surface area contributed by atoms with Crippen molar-refractivity contribution < 1.29 is 9.90 Å². The molecule has 0 radical (unpaired) electrons. The largest absolute Gasteiger partial charge is 0.396 e. The van der Waals surface area contributed by atoms with Crippen LogP contribution < -0.4 is 10.6 Å². The Bertz CT molecular complexity index is 699. The van der Waals surface area contributed by atoms with E-state index < -0.39 is 0 Å². The van der Waals surface area contributed by atoms with Crippen molar-refractivity contribution in [3.8, 4) is 11.3 Å². The van der Waals surface area contributed by atoms with Crippen LogP contribution in [0.3, 0.4) is 0 Å². The van der Waals surface area contributed by atoms with Gasteiger partial charge >= 0.3 is 0 Å². The van der Waals surface area contributed by atoms with Gasteiger partial charge in [-0.2, -0.15) is 0 Å². The molecule has 0 unspecified atom stereocenters. The summed E-state index contributed by atoms with van der Waals surface area (Å²) in [5.41, 5.74) is 3.10. The van der Waals surface area contributed by atoms with Gasteiger partial charge in [-0.15, -0.1) is 11.3 Å². The molecule has 3 rings (SSSR count). The highest BCUT2D eigenvalue weighted by atomic mass is 32.1. The van der Waals surface area contributed by atoms with Crippen molar-refractivity contribution in [2.75, 3.05) is 13.2 Å². The van der Waals surface area contributed by atoms with Crippen LogP contribution in [0.4, 0.5) is 0 Å². The van der Waals surface area contributed by atoms with E-state index in [-0.39, 0.29) is 24.5 Å². The number of rotatable bonds is 6. The third kappa shape index (κ3) is 4.66. The van der Waals surface area contributed by atoms with Gasteiger partial charge in [-0.1, -0.05) is 24.3 Å². The van der Waals surface area contributed by atoms with Crippen LogP contribution in [0.1, 0.15) is 30.3 Å². The summed E-state index contributed by atoms with van der Waals surface area (Å²) in [7, 11) is 0. The van der Waals surface area contributed by atoms with Gasteiger partial charge in [-0.05, 0) is 38.3 Å². The minimum absolute atomic E-state index is 0.0484. The summed E-state index contributed by atoms with van der Waals surface area (Å²) >= 11 is 1.57. The number of thiazole rings is 1. The lowest BCUT2D eigenvalue weighted by Crippen LogP contribution is -2.46. The lowest BCUT2D eigenvalue weighted by Gasteiger charge is -2.28. The average Bonchev–Trinajstić information content (AvgIpc) is 3.10. The molecular weight excluding hydrogens is 334 g/mol. The molecule has 1 aromatic heterocycles. The second-order valence-electron chi connectivity index (χ2n) is 6.51. The topological polar surface area (TPSA) is 74.2 Å². The Morgan fingerprint density at radius 1 is 1.40 bits per heavy atom. The van der Waals surface area contributed by atoms with E-state index in [0.717, 1.165) is 41.2 Å². The van der Waals surface area contributed by atoms with Crippen molar-refractivity contribution in [3.05, 3.63) is 40.2 Å². The quantitative estimate of drug-likeness (QED) is 0.740. The Morgan fingerprint density at radius 2 is 2.20 bits per heavy atom. The van der Waals surface area contributed by atoms with Crippen LogP contribution in [-0.4, -0.2) is 35.2 Å². The molecule has 1 amide bonds. The molecule has 5 nitrogen and oxygen atoms in total. The maximum absolute atomic E-state index is 12.4. The number of aliphatic hydroxyl groups is 1. The van der Waals surface area contributed by atoms with Gasteiger partial charge in [0.05, 0.1) is 18.2 Å². The van der Waals surface area contributed by atoms with Crippen molar-refractivity contribution >= 4 is 17.2 Å². The first-order valence-electron chi connectivity index (χ1n) is 8.83. The van der Waals surface area contributed by atoms with Gasteiger partial charge in [0.1, 0.15) is 5.01 Å². The van der Waals surface area contributed by atoms with Crippen molar-refractivity contribution in [1.29, 1.82) is 0 Å². The van der Waals surface area contributed by atoms with Gasteiger partial charge in [0.25, 0.3) is 0 Å². The number of amides is 1. The minimum Gasteiger partial charge on any atom is -0.396 e. The van der Waals surface area contributed by atoms with E-state index >= 15 is 0 Å². The molecule has 2 atom stereocenters. The molecule has 0 bridgehead atoms. The maximum Gasteiger partial charge on any atom is 0.225 e. The van der Waals surface area contributed by atoms with Crippen LogP contribution in [0, 0.1) is 5.92 Å². The van der Waals surface area contributed by atoms with Gasteiger partial charge in [-0.25, -0.2) is 4.98 Å². The number of aliphatic hydroxyl groups excluding tert-OH is 1. The molecule has 1 saturated heterocycles. The van der Waals surface area contributed by atoms with E-state index in [4.69, 9.17) is 5.11 Å². The zero-order valence-corrected chi connectivity index (χ0v) is 15.3. The van der Waals surface area contributed by atoms with Gasteiger partial charge in [0.15, 0.2) is 0 Å². The molecule has 1 aliphatic heterocycles. The Kier molecular flexibility index (Phi) is 6.18. The lowest BCUT2D eigenvalue weighted by atomic mass is 9.91. The molecule has 6 heteroatoms. The normalized spacial score (nSPS) is 20.4. The molecule has 134 valence electrons. The van der Waals surface area contributed by atoms with Gasteiger partial charge in [0.2, 0.25) is 5.91 Å². The first-order valence-corrected chi connectivity index (χ1v) is 9.71. The van der Waals surface area contributed by atoms with Crippen LogP contribution in [0.5, 0.6) is 0 Å². The van der Waals surface area contributed by atoms with Crippen molar-refractivity contribution in [2.45, 2.75) is 38.8 Å². The van der Waals surface area contributed by atoms with Crippen LogP contribution in [0.2, 0.25) is 0 Å². The van der Waals surface area contributed by atoms with E-state index in [1.807, 2.05) is 29.6 Å². The number of carbonyl (C=O) groups is 1. The summed E-state index contributed by atoms with van der Waals surface area (Å²) in [5.74, 6) is 0.164. The molecule has 25 heavy (non-hydrogen) atoms. The summed E-state index contributed by atoms with van der Waals surface area (Å²) in [5, 5.41) is 18.3. The van der Waals surface area contributed by atoms with E-state index in [9.17, 15) is 4.79 Å². The number of nitrogens with zero attached hydrogens (tertiary/aromatic N) is 1. The van der Waals surface area contributed by atoms with Crippen LogP contribution in [0.15, 0.2) is 29.6 Å². The van der Waals surface area contributed by atoms with E-state index in [2.05, 4.69) is 22.5 Å². The summed E-state index contributed by atoms with van der Waals surface area (Å²) in [4.78, 5) is 17.0. The predicted octanol–water partition coefficient (Wildman–Crippen LogP) is 2.35. The molecule has 1 aliphatic rings. The molecule has 0 spiro atoms. The standard InChI is InChI=1S/C19H25N3O2S/c1-13-16(3-2-9-20-13)19(24)21-11-18-22-17(12-25-18)15-6-4-14(5-7-15)8-10-23/h4-7,12-13,16,20,23H,2-3,8-11H2,1H3,(H,21,24)/t13-,16-/m0/s1. The minimum atomic E-state index is 0.0484. The Morgan fingerprint density at radius 3 is 2.92 bits per heavy atom. The van der Waals surface area contributed by atoms with Crippen LogP contribution in [0.25, 0.3) is 11.3 Å². The highest BCUT2D eigenvalue weighted by Gasteiger charge is 2.27. The fraction of sp³-hybridized carbons (Fsp3) is 0.474. The molecular formula is C19H25N3O2S. The van der Waals surface area contributed by atoms with Gasteiger partial charge in [0, 0.05) is 23.6 Å². The molecule has 2 heterocycles. The number of hydrogen-bond acceptors (Lipinski definition) is 5. The SMILES string of the molecule is C[C@@H]1NCCC[C@@H]1C(=O)NCc1nc(-c2ccc(CCO)cc2)cs1. The first kappa shape index (κ1) is 18.0. The third-order valence-corrected chi connectivity index (χ3v) is 5.56. The third-order valence-electron chi connectivity index (χ3n) is 4.71. The molecule has 1 fully saturated rings. The number of carbonyl (C=O) groups excluding carboxylic acids is 1. The van der Waals surface area contributed by atoms with Gasteiger partial charge in [-0.3, -0.25) is 4.79 Å². The monoisotopic (exact) mass is 359 g/mol. The fourth-order valence-electron chi connectivity index (χ4n) is 3.19. The summed E-state index contributed by atoms with van der Waals surface area (Å²) < 4.78 is 0. The number of hydrogen-bond donors (Lipinski definition) is 3. The highest BCUT2D eigenvalue weighted by molar-refractivity contribution is 7.09. The predicted molar refractivity (Wildman–Crippen MR) is 100 cm³/mol. The summed E-state index contributed by atoms with van der Waals surface area (Å²) in [6, 6.07) is 8.32. The zero-order chi connectivity index (χ0) is 17.6. The van der Waals surface area contributed by atoms with E-state index in [1.165, 1.54) is 0 Å². The number of nitrogens with one attached hydrogen (secondary N) is 2. The maximum atomic E-state index is 12.4. The lowest BCUT2D eigenvalue weighted by molar-refractivity contribution is -0.126. The molecule has 0 saturated carbocycles. The number of piperidine rings is 1. The van der Waals surface area contributed by atoms with E-state index in [1.54, 1.807) is 11.3 Å². The molecule has 2 aromatic rings. The van der Waals surface area contributed by atoms with Crippen molar-refractivity contribution in [3.63, 3.8) is 0 Å². The van der Waals surface area contributed by atoms with Gasteiger partial charge < -0.3 is 15.7 Å². The van der Waals surface area contributed by atoms with Crippen LogP contribution in [-0.2, 0) is 17.8 Å². The highest BCUT2D eigenvalue weighted by Crippen LogP contribution is 2.23. The van der Waals surface area contributed by atoms with Crippen molar-refractivity contribution in [2.24, 2.45) is 5.92 Å². The molecule has 0 aliphatic carbocycles. The summed E-state index contributed by atoms with van der Waals surface area (Å²) in [6.45, 7) is 3.72. The smallest absolute Gasteiger partial charge is 0.225 e. The Labute approximate surface area is 152 Å². The second kappa shape index (κ2) is 8.56. The Hall–Kier alpha value is -1.76. The second-order valence-corrected chi connectivity index (χ2v) is 7.45. The summed E-state index contributed by atoms with van der Waals surface area (Å²) in [6.07, 6.45) is 2.67. The first-order chi connectivity index (χ1) is 12.2. The average molecular weight is 359 g/mol. The fourth-order valence-corrected chi connectivity index (χ4v) is 3.93. The number of aromatic nitrogens is 1. The van der Waals surface area contributed by atoms with Crippen molar-refractivity contribution in [1.82, 2.24) is 15.6 Å².